The Morgan fingerprint density at radius 1 is 1.15 bits per heavy atom. The van der Waals surface area contributed by atoms with Crippen LogP contribution in [0.2, 0.25) is 0 Å². The van der Waals surface area contributed by atoms with Crippen LogP contribution in [0.1, 0.15) is 46.5 Å². The minimum absolute atomic E-state index is 0.307. The summed E-state index contributed by atoms with van der Waals surface area (Å²) < 4.78 is 5.18. The van der Waals surface area contributed by atoms with Crippen LogP contribution in [0.5, 0.6) is 0 Å². The van der Waals surface area contributed by atoms with Crippen LogP contribution in [-0.2, 0) is 4.74 Å². The van der Waals surface area contributed by atoms with Crippen molar-refractivity contribution in [3.05, 3.63) is 0 Å². The molecule has 118 valence electrons. The van der Waals surface area contributed by atoms with Crippen LogP contribution >= 0.6 is 0 Å². The van der Waals surface area contributed by atoms with Crippen molar-refractivity contribution in [1.29, 1.82) is 0 Å². The standard InChI is InChI=1S/C15H31N3O2/c1-15(2,3)20-14(19)17-8-6-4-5-7-11-18-12-9-16-10-13-18/h16H,4-13H2,1-3H3,(H,17,19). The van der Waals surface area contributed by atoms with E-state index in [0.29, 0.717) is 6.54 Å². The summed E-state index contributed by atoms with van der Waals surface area (Å²) in [6, 6.07) is 0. The Kier molecular flexibility index (Phi) is 7.92. The van der Waals surface area contributed by atoms with Gasteiger partial charge in [-0.15, -0.1) is 0 Å². The maximum Gasteiger partial charge on any atom is 0.407 e. The molecule has 1 aliphatic heterocycles. The van der Waals surface area contributed by atoms with Gasteiger partial charge in [0.25, 0.3) is 0 Å². The van der Waals surface area contributed by atoms with Crippen molar-refractivity contribution in [2.24, 2.45) is 0 Å². The number of piperazine rings is 1. The fourth-order valence-electron chi connectivity index (χ4n) is 2.25. The van der Waals surface area contributed by atoms with Gasteiger partial charge >= 0.3 is 6.09 Å². The zero-order chi connectivity index (χ0) is 14.8. The van der Waals surface area contributed by atoms with E-state index < -0.39 is 5.60 Å². The zero-order valence-corrected chi connectivity index (χ0v) is 13.3. The van der Waals surface area contributed by atoms with Gasteiger partial charge in [-0.2, -0.15) is 0 Å². The highest BCUT2D eigenvalue weighted by molar-refractivity contribution is 5.67. The summed E-state index contributed by atoms with van der Waals surface area (Å²) >= 11 is 0. The Labute approximate surface area is 123 Å². The number of rotatable bonds is 7. The van der Waals surface area contributed by atoms with Crippen LogP contribution in [0.15, 0.2) is 0 Å². The molecule has 1 saturated heterocycles. The second-order valence-electron chi connectivity index (χ2n) is 6.43. The monoisotopic (exact) mass is 285 g/mol. The molecule has 0 aromatic carbocycles. The predicted octanol–water partition coefficient (Wildman–Crippen LogP) is 1.98. The smallest absolute Gasteiger partial charge is 0.407 e. The molecule has 0 aromatic heterocycles. The summed E-state index contributed by atoms with van der Waals surface area (Å²) in [4.78, 5) is 13.9. The average molecular weight is 285 g/mol. The van der Waals surface area contributed by atoms with Crippen LogP contribution in [0.4, 0.5) is 4.79 Å². The first-order valence-corrected chi connectivity index (χ1v) is 7.87. The largest absolute Gasteiger partial charge is 0.444 e. The molecule has 0 atom stereocenters. The van der Waals surface area contributed by atoms with E-state index in [0.717, 1.165) is 19.5 Å². The van der Waals surface area contributed by atoms with Gasteiger partial charge in [-0.3, -0.25) is 0 Å². The molecule has 1 rings (SSSR count). The van der Waals surface area contributed by atoms with Crippen LogP contribution in [-0.4, -0.2) is 55.9 Å². The average Bonchev–Trinajstić information content (AvgIpc) is 2.37. The number of nitrogens with zero attached hydrogens (tertiary/aromatic N) is 1. The molecule has 2 N–H and O–H groups in total. The van der Waals surface area contributed by atoms with Gasteiger partial charge in [-0.1, -0.05) is 12.8 Å². The summed E-state index contributed by atoms with van der Waals surface area (Å²) in [5.74, 6) is 0. The van der Waals surface area contributed by atoms with Gasteiger partial charge in [-0.25, -0.2) is 4.79 Å². The molecule has 20 heavy (non-hydrogen) atoms. The second kappa shape index (κ2) is 9.19. The summed E-state index contributed by atoms with van der Waals surface area (Å²) in [6.07, 6.45) is 4.38. The Hall–Kier alpha value is -0.810. The minimum Gasteiger partial charge on any atom is -0.444 e. The fourth-order valence-corrected chi connectivity index (χ4v) is 2.25. The molecule has 1 heterocycles. The van der Waals surface area contributed by atoms with Crippen molar-refractivity contribution < 1.29 is 9.53 Å². The summed E-state index contributed by atoms with van der Waals surface area (Å²) in [6.45, 7) is 12.2. The summed E-state index contributed by atoms with van der Waals surface area (Å²) in [5, 5.41) is 6.17. The van der Waals surface area contributed by atoms with E-state index in [1.54, 1.807) is 0 Å². The normalized spacial score (nSPS) is 16.9. The van der Waals surface area contributed by atoms with E-state index in [4.69, 9.17) is 4.74 Å². The van der Waals surface area contributed by atoms with Gasteiger partial charge in [0.1, 0.15) is 5.60 Å². The van der Waals surface area contributed by atoms with E-state index in [2.05, 4.69) is 15.5 Å². The molecular weight excluding hydrogens is 254 g/mol. The molecule has 0 unspecified atom stereocenters. The minimum atomic E-state index is -0.409. The number of amides is 1. The molecule has 5 nitrogen and oxygen atoms in total. The van der Waals surface area contributed by atoms with Gasteiger partial charge in [-0.05, 0) is 40.2 Å². The first-order valence-electron chi connectivity index (χ1n) is 7.87. The lowest BCUT2D eigenvalue weighted by molar-refractivity contribution is 0.0527. The number of unbranched alkanes of at least 4 members (excludes halogenated alkanes) is 3. The SMILES string of the molecule is CC(C)(C)OC(=O)NCCCCCCN1CCNCC1. The van der Waals surface area contributed by atoms with E-state index >= 15 is 0 Å². The number of carbonyl (C=O) groups excluding carboxylic acids is 1. The fraction of sp³-hybridized carbons (Fsp3) is 0.933. The lowest BCUT2D eigenvalue weighted by Gasteiger charge is -2.27. The molecule has 0 bridgehead atoms. The Morgan fingerprint density at radius 3 is 2.45 bits per heavy atom. The zero-order valence-electron chi connectivity index (χ0n) is 13.3. The van der Waals surface area contributed by atoms with Crippen molar-refractivity contribution in [2.75, 3.05) is 39.3 Å². The number of nitrogens with one attached hydrogen (secondary N) is 2. The molecule has 1 fully saturated rings. The molecule has 1 amide bonds. The van der Waals surface area contributed by atoms with E-state index in [1.165, 1.54) is 38.9 Å². The number of hydrogen-bond donors (Lipinski definition) is 2. The third-order valence-corrected chi connectivity index (χ3v) is 3.28. The van der Waals surface area contributed by atoms with E-state index in [1.807, 2.05) is 20.8 Å². The number of alkyl carbamates (subject to hydrolysis) is 1. The van der Waals surface area contributed by atoms with Crippen LogP contribution in [0.25, 0.3) is 0 Å². The van der Waals surface area contributed by atoms with Crippen molar-refractivity contribution >= 4 is 6.09 Å². The molecule has 0 spiro atoms. The maximum absolute atomic E-state index is 11.4. The summed E-state index contributed by atoms with van der Waals surface area (Å²) in [5.41, 5.74) is -0.409. The molecule has 5 heteroatoms. The highest BCUT2D eigenvalue weighted by atomic mass is 16.6. The van der Waals surface area contributed by atoms with Crippen LogP contribution in [0, 0.1) is 0 Å². The Balaban J connectivity index is 1.88. The lowest BCUT2D eigenvalue weighted by Crippen LogP contribution is -2.43. The van der Waals surface area contributed by atoms with Crippen molar-refractivity contribution in [2.45, 2.75) is 52.1 Å². The first-order chi connectivity index (χ1) is 9.47. The highest BCUT2D eigenvalue weighted by Gasteiger charge is 2.15. The molecule has 0 saturated carbocycles. The van der Waals surface area contributed by atoms with Crippen molar-refractivity contribution in [3.63, 3.8) is 0 Å². The van der Waals surface area contributed by atoms with Gasteiger partial charge in [0.2, 0.25) is 0 Å². The van der Waals surface area contributed by atoms with Gasteiger partial charge < -0.3 is 20.3 Å². The van der Waals surface area contributed by atoms with Gasteiger partial charge in [0.15, 0.2) is 0 Å². The third-order valence-electron chi connectivity index (χ3n) is 3.28. The van der Waals surface area contributed by atoms with Crippen LogP contribution in [0.3, 0.4) is 0 Å². The molecular formula is C15H31N3O2. The number of hydrogen-bond acceptors (Lipinski definition) is 4. The van der Waals surface area contributed by atoms with E-state index in [-0.39, 0.29) is 6.09 Å². The highest BCUT2D eigenvalue weighted by Crippen LogP contribution is 2.06. The molecule has 0 aromatic rings. The second-order valence-corrected chi connectivity index (χ2v) is 6.43. The Bertz CT molecular complexity index is 271. The Morgan fingerprint density at radius 2 is 1.80 bits per heavy atom. The third kappa shape index (κ3) is 9.15. The van der Waals surface area contributed by atoms with E-state index in [9.17, 15) is 4.79 Å². The summed E-state index contributed by atoms with van der Waals surface area (Å²) in [7, 11) is 0. The first kappa shape index (κ1) is 17.2. The van der Waals surface area contributed by atoms with Crippen LogP contribution < -0.4 is 10.6 Å². The maximum atomic E-state index is 11.4. The van der Waals surface area contributed by atoms with Gasteiger partial charge in [0, 0.05) is 32.7 Å². The number of ether oxygens (including phenoxy) is 1. The predicted molar refractivity (Wildman–Crippen MR) is 82.0 cm³/mol. The van der Waals surface area contributed by atoms with Gasteiger partial charge in [0.05, 0.1) is 0 Å². The number of carbonyl (C=O) groups is 1. The van der Waals surface area contributed by atoms with Crippen molar-refractivity contribution in [1.82, 2.24) is 15.5 Å². The van der Waals surface area contributed by atoms with Crippen molar-refractivity contribution in [3.8, 4) is 0 Å². The lowest BCUT2D eigenvalue weighted by atomic mass is 10.2. The molecule has 1 aliphatic rings. The molecule has 0 aliphatic carbocycles. The quantitative estimate of drug-likeness (QED) is 0.702. The topological polar surface area (TPSA) is 53.6 Å². The molecule has 0 radical (unpaired) electrons.